The molecule has 4 rings (SSSR count). The molecule has 1 aromatic carbocycles. The van der Waals surface area contributed by atoms with Crippen molar-refractivity contribution in [3.8, 4) is 11.4 Å². The van der Waals surface area contributed by atoms with Gasteiger partial charge in [-0.05, 0) is 43.5 Å². The van der Waals surface area contributed by atoms with E-state index in [1.54, 1.807) is 29.0 Å². The second-order valence-corrected chi connectivity index (χ2v) is 7.28. The Kier molecular flexibility index (Phi) is 4.59. The van der Waals surface area contributed by atoms with Crippen LogP contribution in [0.5, 0.6) is 5.75 Å². The first kappa shape index (κ1) is 17.6. The highest BCUT2D eigenvalue weighted by atomic mass is 16.5. The van der Waals surface area contributed by atoms with E-state index in [-0.39, 0.29) is 30.4 Å². The number of amides is 2. The van der Waals surface area contributed by atoms with E-state index in [1.165, 1.54) is 0 Å². The number of aryl methyl sites for hydroxylation is 1. The first-order valence-electron chi connectivity index (χ1n) is 9.38. The van der Waals surface area contributed by atoms with Crippen molar-refractivity contribution >= 4 is 11.8 Å². The molecule has 142 valence electrons. The van der Waals surface area contributed by atoms with Gasteiger partial charge in [0, 0.05) is 12.2 Å². The van der Waals surface area contributed by atoms with Crippen molar-refractivity contribution < 1.29 is 14.3 Å². The van der Waals surface area contributed by atoms with E-state index in [9.17, 15) is 9.59 Å². The lowest BCUT2D eigenvalue weighted by Crippen LogP contribution is -2.62. The molecular weight excluding hydrogens is 344 g/mol. The van der Waals surface area contributed by atoms with Crippen LogP contribution in [-0.4, -0.2) is 52.2 Å². The van der Waals surface area contributed by atoms with Gasteiger partial charge in [-0.1, -0.05) is 18.9 Å². The summed E-state index contributed by atoms with van der Waals surface area (Å²) in [7, 11) is 1.61. The highest BCUT2D eigenvalue weighted by Gasteiger charge is 2.39. The summed E-state index contributed by atoms with van der Waals surface area (Å²) < 4.78 is 7.07. The Morgan fingerprint density at radius 1 is 1.26 bits per heavy atom. The Morgan fingerprint density at radius 3 is 2.89 bits per heavy atom. The van der Waals surface area contributed by atoms with Gasteiger partial charge in [-0.3, -0.25) is 9.59 Å². The molecule has 1 saturated carbocycles. The summed E-state index contributed by atoms with van der Waals surface area (Å²) >= 11 is 0. The molecule has 2 aromatic rings. The van der Waals surface area contributed by atoms with Crippen LogP contribution in [0.2, 0.25) is 0 Å². The predicted molar refractivity (Wildman–Crippen MR) is 100 cm³/mol. The number of benzene rings is 1. The molecule has 2 fully saturated rings. The van der Waals surface area contributed by atoms with Gasteiger partial charge in [-0.15, -0.1) is 0 Å². The van der Waals surface area contributed by atoms with Gasteiger partial charge in [0.1, 0.15) is 18.0 Å². The molecule has 7 nitrogen and oxygen atoms in total. The van der Waals surface area contributed by atoms with Crippen LogP contribution in [0, 0.1) is 6.92 Å². The van der Waals surface area contributed by atoms with Gasteiger partial charge in [-0.25, -0.2) is 4.68 Å². The van der Waals surface area contributed by atoms with Crippen molar-refractivity contribution in [1.29, 1.82) is 0 Å². The number of rotatable bonds is 3. The second-order valence-electron chi connectivity index (χ2n) is 7.28. The van der Waals surface area contributed by atoms with Crippen LogP contribution in [0.3, 0.4) is 0 Å². The van der Waals surface area contributed by atoms with Gasteiger partial charge in [0.05, 0.1) is 13.2 Å². The molecule has 2 heterocycles. The minimum atomic E-state index is -0.188. The normalized spacial score (nSPS) is 22.1. The maximum absolute atomic E-state index is 13.1. The number of carbonyl (C=O) groups excluding carboxylic acids is 2. The maximum Gasteiger partial charge on any atom is 0.275 e. The molecule has 0 bridgehead atoms. The zero-order valence-electron chi connectivity index (χ0n) is 15.6. The van der Waals surface area contributed by atoms with Crippen molar-refractivity contribution in [3.05, 3.63) is 41.7 Å². The quantitative estimate of drug-likeness (QED) is 0.900. The average Bonchev–Trinajstić information content (AvgIpc) is 3.16. The summed E-state index contributed by atoms with van der Waals surface area (Å²) in [5.41, 5.74) is 2.20. The highest BCUT2D eigenvalue weighted by Crippen LogP contribution is 2.28. The van der Waals surface area contributed by atoms with Crippen LogP contribution >= 0.6 is 0 Å². The predicted octanol–water partition coefficient (Wildman–Crippen LogP) is 2.07. The minimum absolute atomic E-state index is 0.0580. The van der Waals surface area contributed by atoms with Crippen LogP contribution in [-0.2, 0) is 4.79 Å². The Morgan fingerprint density at radius 2 is 2.07 bits per heavy atom. The monoisotopic (exact) mass is 368 g/mol. The second kappa shape index (κ2) is 7.06. The number of hydrogen-bond donors (Lipinski definition) is 1. The SMILES string of the molecule is COc1ccc(C)cc1-n1ccc(C(=O)N2CC(=O)N[C@H]3CCCC[C@H]32)n1. The summed E-state index contributed by atoms with van der Waals surface area (Å²) in [6, 6.07) is 7.63. The number of fused-ring (bicyclic) bond motifs is 1. The number of aromatic nitrogens is 2. The minimum Gasteiger partial charge on any atom is -0.494 e. The standard InChI is InChI=1S/C20H24N4O3/c1-13-7-8-18(27-2)17(11-13)24-10-9-15(22-24)20(26)23-12-19(25)21-14-5-3-4-6-16(14)23/h7-11,14,16H,3-6,12H2,1-2H3,(H,21,25)/t14-,16+/m0/s1. The summed E-state index contributed by atoms with van der Waals surface area (Å²) in [6.45, 7) is 2.09. The van der Waals surface area contributed by atoms with E-state index < -0.39 is 0 Å². The van der Waals surface area contributed by atoms with E-state index in [1.807, 2.05) is 25.1 Å². The van der Waals surface area contributed by atoms with Gasteiger partial charge in [0.15, 0.2) is 5.69 Å². The molecule has 2 atom stereocenters. The van der Waals surface area contributed by atoms with Crippen LogP contribution < -0.4 is 10.1 Å². The molecular formula is C20H24N4O3. The van der Waals surface area contributed by atoms with E-state index in [2.05, 4.69) is 10.4 Å². The Balaban J connectivity index is 1.62. The average molecular weight is 368 g/mol. The molecule has 1 N–H and O–H groups in total. The molecule has 1 aromatic heterocycles. The third-order valence-corrected chi connectivity index (χ3v) is 5.44. The fourth-order valence-electron chi connectivity index (χ4n) is 4.10. The van der Waals surface area contributed by atoms with E-state index in [4.69, 9.17) is 4.74 Å². The zero-order valence-corrected chi connectivity index (χ0v) is 15.6. The number of ether oxygens (including phenoxy) is 1. The van der Waals surface area contributed by atoms with Gasteiger partial charge >= 0.3 is 0 Å². The van der Waals surface area contributed by atoms with E-state index >= 15 is 0 Å². The number of hydrogen-bond acceptors (Lipinski definition) is 4. The molecule has 0 spiro atoms. The fraction of sp³-hybridized carbons (Fsp3) is 0.450. The number of nitrogens with zero attached hydrogens (tertiary/aromatic N) is 3. The van der Waals surface area contributed by atoms with Gasteiger partial charge in [0.25, 0.3) is 5.91 Å². The third-order valence-electron chi connectivity index (χ3n) is 5.44. The first-order chi connectivity index (χ1) is 13.1. The largest absolute Gasteiger partial charge is 0.494 e. The maximum atomic E-state index is 13.1. The lowest BCUT2D eigenvalue weighted by atomic mass is 9.87. The number of nitrogens with one attached hydrogen (secondary N) is 1. The van der Waals surface area contributed by atoms with Crippen LogP contribution in [0.1, 0.15) is 41.7 Å². The summed E-state index contributed by atoms with van der Waals surface area (Å²) in [5.74, 6) is 0.408. The lowest BCUT2D eigenvalue weighted by Gasteiger charge is -2.43. The van der Waals surface area contributed by atoms with E-state index in [0.717, 1.165) is 36.9 Å². The molecule has 1 aliphatic heterocycles. The molecule has 0 unspecified atom stereocenters. The third kappa shape index (κ3) is 3.29. The van der Waals surface area contributed by atoms with Crippen molar-refractivity contribution in [2.45, 2.75) is 44.7 Å². The summed E-state index contributed by atoms with van der Waals surface area (Å²) in [4.78, 5) is 26.9. The molecule has 1 aliphatic carbocycles. The molecule has 2 amide bonds. The van der Waals surface area contributed by atoms with Gasteiger partial charge < -0.3 is 15.0 Å². The summed E-state index contributed by atoms with van der Waals surface area (Å²) in [6.07, 6.45) is 5.77. The van der Waals surface area contributed by atoms with Crippen molar-refractivity contribution in [1.82, 2.24) is 20.0 Å². The van der Waals surface area contributed by atoms with Crippen molar-refractivity contribution in [2.24, 2.45) is 0 Å². The first-order valence-corrected chi connectivity index (χ1v) is 9.38. The topological polar surface area (TPSA) is 76.5 Å². The van der Waals surface area contributed by atoms with Crippen LogP contribution in [0.25, 0.3) is 5.69 Å². The van der Waals surface area contributed by atoms with E-state index in [0.29, 0.717) is 11.4 Å². The molecule has 7 heteroatoms. The molecule has 27 heavy (non-hydrogen) atoms. The zero-order chi connectivity index (χ0) is 19.0. The highest BCUT2D eigenvalue weighted by molar-refractivity contribution is 5.96. The van der Waals surface area contributed by atoms with Crippen molar-refractivity contribution in [3.63, 3.8) is 0 Å². The number of methoxy groups -OCH3 is 1. The smallest absolute Gasteiger partial charge is 0.275 e. The molecule has 1 saturated heterocycles. The Bertz CT molecular complexity index is 876. The fourth-order valence-corrected chi connectivity index (χ4v) is 4.10. The Hall–Kier alpha value is -2.83. The van der Waals surface area contributed by atoms with Gasteiger partial charge in [0.2, 0.25) is 5.91 Å². The molecule has 2 aliphatic rings. The molecule has 0 radical (unpaired) electrons. The van der Waals surface area contributed by atoms with Crippen LogP contribution in [0.15, 0.2) is 30.5 Å². The van der Waals surface area contributed by atoms with Crippen molar-refractivity contribution in [2.75, 3.05) is 13.7 Å². The Labute approximate surface area is 158 Å². The van der Waals surface area contributed by atoms with Crippen LogP contribution in [0.4, 0.5) is 0 Å². The number of carbonyl (C=O) groups is 2. The van der Waals surface area contributed by atoms with Gasteiger partial charge in [-0.2, -0.15) is 5.10 Å². The number of piperazine rings is 1. The lowest BCUT2D eigenvalue weighted by molar-refractivity contribution is -0.127. The summed E-state index contributed by atoms with van der Waals surface area (Å²) in [5, 5.41) is 7.51.